The summed E-state index contributed by atoms with van der Waals surface area (Å²) < 4.78 is 15.5. The second-order valence-electron chi connectivity index (χ2n) is 5.59. The number of allylic oxidation sites excluding steroid dienone is 1. The molecule has 0 amide bonds. The molecule has 0 unspecified atom stereocenters. The van der Waals surface area contributed by atoms with Gasteiger partial charge in [0.05, 0.1) is 18.2 Å². The van der Waals surface area contributed by atoms with Gasteiger partial charge in [-0.3, -0.25) is 0 Å². The van der Waals surface area contributed by atoms with E-state index in [0.717, 1.165) is 11.3 Å². The molecular weight excluding hydrogens is 354 g/mol. The molecule has 0 saturated carbocycles. The van der Waals surface area contributed by atoms with E-state index in [1.165, 1.54) is 0 Å². The molecule has 0 saturated heterocycles. The van der Waals surface area contributed by atoms with Crippen LogP contribution >= 0.6 is 12.2 Å². The van der Waals surface area contributed by atoms with E-state index in [1.54, 1.807) is 31.2 Å². The second-order valence-corrected chi connectivity index (χ2v) is 5.97. The van der Waals surface area contributed by atoms with Gasteiger partial charge >= 0.3 is 5.97 Å². The van der Waals surface area contributed by atoms with Crippen molar-refractivity contribution in [3.05, 3.63) is 41.1 Å². The van der Waals surface area contributed by atoms with Crippen LogP contribution < -0.4 is 10.1 Å². The van der Waals surface area contributed by atoms with E-state index >= 15 is 0 Å². The van der Waals surface area contributed by atoms with Crippen LogP contribution in [-0.4, -0.2) is 50.0 Å². The minimum Gasteiger partial charge on any atom is -0.479 e. The maximum atomic E-state index is 12.6. The number of nitrogens with one attached hydrogen (secondary N) is 1. The molecule has 0 fully saturated rings. The van der Waals surface area contributed by atoms with Crippen molar-refractivity contribution in [2.24, 2.45) is 0 Å². The number of benzene rings is 1. The maximum absolute atomic E-state index is 12.6. The molecule has 7 nitrogen and oxygen atoms in total. The number of carbonyl (C=O) groups excluding carboxylic acids is 1. The quantitative estimate of drug-likeness (QED) is 0.440. The van der Waals surface area contributed by atoms with E-state index < -0.39 is 12.0 Å². The number of esters is 1. The van der Waals surface area contributed by atoms with Gasteiger partial charge in [-0.15, -0.1) is 0 Å². The van der Waals surface area contributed by atoms with Crippen molar-refractivity contribution < 1.29 is 19.0 Å². The molecule has 0 aliphatic carbocycles. The van der Waals surface area contributed by atoms with Crippen molar-refractivity contribution >= 4 is 23.3 Å². The molecule has 0 radical (unpaired) electrons. The summed E-state index contributed by atoms with van der Waals surface area (Å²) in [5, 5.41) is 12.3. The van der Waals surface area contributed by atoms with Gasteiger partial charge in [0.2, 0.25) is 0 Å². The highest BCUT2D eigenvalue weighted by atomic mass is 32.1. The van der Waals surface area contributed by atoms with Crippen LogP contribution in [0.25, 0.3) is 0 Å². The smallest absolute Gasteiger partial charge is 0.338 e. The number of nitriles is 1. The molecule has 138 valence electrons. The lowest BCUT2D eigenvalue weighted by Gasteiger charge is -2.35. The summed E-state index contributed by atoms with van der Waals surface area (Å²) in [5.41, 5.74) is 2.05. The number of hydrogen-bond donors (Lipinski definition) is 1. The first-order valence-electron chi connectivity index (χ1n) is 8.00. The van der Waals surface area contributed by atoms with Crippen molar-refractivity contribution in [2.45, 2.75) is 13.0 Å². The minimum absolute atomic E-state index is 0.0218. The van der Waals surface area contributed by atoms with E-state index in [9.17, 15) is 4.79 Å². The van der Waals surface area contributed by atoms with E-state index in [1.807, 2.05) is 25.1 Å². The van der Waals surface area contributed by atoms with E-state index in [-0.39, 0.29) is 13.2 Å². The van der Waals surface area contributed by atoms with Crippen LogP contribution in [0.15, 0.2) is 35.5 Å². The first kappa shape index (κ1) is 19.7. The Morgan fingerprint density at radius 2 is 2.04 bits per heavy atom. The normalized spacial score (nSPS) is 16.8. The number of methoxy groups -OCH3 is 1. The zero-order valence-electron chi connectivity index (χ0n) is 14.9. The molecular formula is C18H21N3O4S. The van der Waals surface area contributed by atoms with Crippen LogP contribution in [0.2, 0.25) is 0 Å². The Labute approximate surface area is 158 Å². The standard InChI is InChI=1S/C18H21N3O4S/c1-12-15(17(22)25-11-10-23-3)16(20-18(26)21(12)2)13-4-6-14(7-5-13)24-9-8-19/h4-7,16H,9-11H2,1-3H3,(H,20,26)/t16-/m1/s1. The molecule has 1 heterocycles. The Balaban J connectivity index is 2.30. The summed E-state index contributed by atoms with van der Waals surface area (Å²) >= 11 is 5.36. The van der Waals surface area contributed by atoms with Gasteiger partial charge in [-0.05, 0) is 36.8 Å². The minimum atomic E-state index is -0.432. The highest BCUT2D eigenvalue weighted by Gasteiger charge is 2.33. The Bertz CT molecular complexity index is 740. The molecule has 8 heteroatoms. The Morgan fingerprint density at radius 3 is 2.65 bits per heavy atom. The van der Waals surface area contributed by atoms with Crippen LogP contribution in [-0.2, 0) is 14.3 Å². The lowest BCUT2D eigenvalue weighted by atomic mass is 9.95. The molecule has 0 bridgehead atoms. The summed E-state index contributed by atoms with van der Waals surface area (Å²) in [5.74, 6) is 0.159. The zero-order valence-corrected chi connectivity index (χ0v) is 15.8. The van der Waals surface area contributed by atoms with E-state index in [2.05, 4.69) is 5.32 Å². The topological polar surface area (TPSA) is 83.8 Å². The molecule has 2 rings (SSSR count). The van der Waals surface area contributed by atoms with Crippen LogP contribution in [0.1, 0.15) is 18.5 Å². The van der Waals surface area contributed by atoms with E-state index in [0.29, 0.717) is 23.0 Å². The van der Waals surface area contributed by atoms with Gasteiger partial charge in [0.25, 0.3) is 0 Å². The Kier molecular flexibility index (Phi) is 6.95. The molecule has 1 aromatic carbocycles. The van der Waals surface area contributed by atoms with Crippen molar-refractivity contribution in [2.75, 3.05) is 34.0 Å². The average Bonchev–Trinajstić information content (AvgIpc) is 2.64. The molecule has 1 aliphatic heterocycles. The zero-order chi connectivity index (χ0) is 19.1. The highest BCUT2D eigenvalue weighted by molar-refractivity contribution is 7.80. The van der Waals surface area contributed by atoms with Gasteiger partial charge in [-0.1, -0.05) is 12.1 Å². The second kappa shape index (κ2) is 9.17. The largest absolute Gasteiger partial charge is 0.479 e. The Hall–Kier alpha value is -2.63. The van der Waals surface area contributed by atoms with Gasteiger partial charge in [-0.25, -0.2) is 4.79 Å². The highest BCUT2D eigenvalue weighted by Crippen LogP contribution is 2.31. The maximum Gasteiger partial charge on any atom is 0.338 e. The summed E-state index contributed by atoms with van der Waals surface area (Å²) in [6.07, 6.45) is 0. The molecule has 1 aliphatic rings. The first-order chi connectivity index (χ1) is 12.5. The fourth-order valence-electron chi connectivity index (χ4n) is 2.52. The average molecular weight is 375 g/mol. The van der Waals surface area contributed by atoms with E-state index in [4.69, 9.17) is 31.7 Å². The van der Waals surface area contributed by atoms with Crippen molar-refractivity contribution in [1.82, 2.24) is 10.2 Å². The number of rotatable bonds is 7. The molecule has 0 aromatic heterocycles. The van der Waals surface area contributed by atoms with Gasteiger partial charge in [0.1, 0.15) is 18.4 Å². The number of nitrogens with zero attached hydrogens (tertiary/aromatic N) is 2. The number of thiocarbonyl (C=S) groups is 1. The van der Waals surface area contributed by atoms with Gasteiger partial charge in [0, 0.05) is 19.9 Å². The molecule has 0 spiro atoms. The summed E-state index contributed by atoms with van der Waals surface area (Å²) in [6, 6.07) is 8.64. The predicted molar refractivity (Wildman–Crippen MR) is 99.3 cm³/mol. The van der Waals surface area contributed by atoms with Crippen molar-refractivity contribution in [3.8, 4) is 11.8 Å². The van der Waals surface area contributed by atoms with Gasteiger partial charge in [0.15, 0.2) is 11.7 Å². The fraction of sp³-hybridized carbons (Fsp3) is 0.389. The van der Waals surface area contributed by atoms with Crippen molar-refractivity contribution in [3.63, 3.8) is 0 Å². The third-order valence-electron chi connectivity index (χ3n) is 4.01. The first-order valence-corrected chi connectivity index (χ1v) is 8.41. The summed E-state index contributed by atoms with van der Waals surface area (Å²) in [6.45, 7) is 2.31. The number of ether oxygens (including phenoxy) is 3. The molecule has 1 N–H and O–H groups in total. The van der Waals surface area contributed by atoms with Gasteiger partial charge in [-0.2, -0.15) is 5.26 Å². The summed E-state index contributed by atoms with van der Waals surface area (Å²) in [4.78, 5) is 14.4. The summed E-state index contributed by atoms with van der Waals surface area (Å²) in [7, 11) is 3.34. The van der Waals surface area contributed by atoms with Gasteiger partial charge < -0.3 is 24.4 Å². The van der Waals surface area contributed by atoms with Crippen molar-refractivity contribution in [1.29, 1.82) is 5.26 Å². The third kappa shape index (κ3) is 4.50. The molecule has 1 atom stereocenters. The molecule has 26 heavy (non-hydrogen) atoms. The number of carbonyl (C=O) groups is 1. The lowest BCUT2D eigenvalue weighted by Crippen LogP contribution is -2.46. The molecule has 1 aromatic rings. The Morgan fingerprint density at radius 1 is 1.35 bits per heavy atom. The predicted octanol–water partition coefficient (Wildman–Crippen LogP) is 1.91. The third-order valence-corrected chi connectivity index (χ3v) is 4.40. The van der Waals surface area contributed by atoms with Crippen LogP contribution in [0.3, 0.4) is 0 Å². The lowest BCUT2D eigenvalue weighted by molar-refractivity contribution is -0.140. The van der Waals surface area contributed by atoms with Crippen LogP contribution in [0.4, 0.5) is 0 Å². The fourth-order valence-corrected chi connectivity index (χ4v) is 2.77. The monoisotopic (exact) mass is 375 g/mol. The van der Waals surface area contributed by atoms with Crippen LogP contribution in [0, 0.1) is 11.3 Å². The number of hydrogen-bond acceptors (Lipinski definition) is 6. The van der Waals surface area contributed by atoms with Crippen LogP contribution in [0.5, 0.6) is 5.75 Å². The SMILES string of the molecule is COCCOC(=O)C1=C(C)N(C)C(=S)N[C@@H]1c1ccc(OCC#N)cc1.